The van der Waals surface area contributed by atoms with Crippen LogP contribution in [0, 0.1) is 0 Å². The van der Waals surface area contributed by atoms with E-state index in [9.17, 15) is 0 Å². The summed E-state index contributed by atoms with van der Waals surface area (Å²) >= 11 is 0. The Morgan fingerprint density at radius 3 is 3.22 bits per heavy atom. The normalized spacial score (nSPS) is 15.9. The molecule has 2 N–H and O–H groups in total. The molecule has 0 radical (unpaired) electrons. The van der Waals surface area contributed by atoms with Gasteiger partial charge < -0.3 is 10.4 Å². The average molecular weight is 126 g/mol. The van der Waals surface area contributed by atoms with Gasteiger partial charge in [-0.15, -0.1) is 0 Å². The van der Waals surface area contributed by atoms with Gasteiger partial charge in [-0.05, 0) is 6.08 Å². The molecule has 1 rings (SSSR count). The summed E-state index contributed by atoms with van der Waals surface area (Å²) in [5, 5.41) is 11.4. The number of allylic oxidation sites excluding steroid dienone is 1. The fraction of sp³-hybridized carbons (Fsp3) is 0.500. The summed E-state index contributed by atoms with van der Waals surface area (Å²) < 4.78 is 0. The summed E-state index contributed by atoms with van der Waals surface area (Å²) in [7, 11) is 0. The summed E-state index contributed by atoms with van der Waals surface area (Å²) in [6, 6.07) is 0. The monoisotopic (exact) mass is 126 g/mol. The summed E-state index contributed by atoms with van der Waals surface area (Å²) in [4.78, 5) is 3.96. The highest BCUT2D eigenvalue weighted by Crippen LogP contribution is 1.93. The molecule has 1 aliphatic heterocycles. The number of aliphatic imine (C=N–C) groups is 1. The van der Waals surface area contributed by atoms with Crippen LogP contribution in [0.3, 0.4) is 0 Å². The van der Waals surface area contributed by atoms with E-state index in [1.165, 1.54) is 0 Å². The van der Waals surface area contributed by atoms with Gasteiger partial charge in [-0.1, -0.05) is 0 Å². The van der Waals surface area contributed by atoms with Gasteiger partial charge in [0.05, 0.1) is 13.2 Å². The van der Waals surface area contributed by atoms with Gasteiger partial charge in [0, 0.05) is 18.5 Å². The van der Waals surface area contributed by atoms with Crippen molar-refractivity contribution in [3.05, 3.63) is 11.8 Å². The lowest BCUT2D eigenvalue weighted by Crippen LogP contribution is -2.18. The first-order valence-corrected chi connectivity index (χ1v) is 2.97. The molecule has 0 saturated carbocycles. The van der Waals surface area contributed by atoms with Gasteiger partial charge in [0.25, 0.3) is 0 Å². The molecule has 0 amide bonds. The van der Waals surface area contributed by atoms with Crippen LogP contribution >= 0.6 is 0 Å². The molecule has 1 heterocycles. The van der Waals surface area contributed by atoms with E-state index in [2.05, 4.69) is 10.3 Å². The van der Waals surface area contributed by atoms with Crippen LogP contribution in [0.4, 0.5) is 0 Å². The zero-order valence-electron chi connectivity index (χ0n) is 5.17. The number of nitrogens with zero attached hydrogens (tertiary/aromatic N) is 1. The highest BCUT2D eigenvalue weighted by atomic mass is 16.3. The van der Waals surface area contributed by atoms with Crippen molar-refractivity contribution in [2.75, 3.05) is 19.7 Å². The van der Waals surface area contributed by atoms with Crippen LogP contribution in [-0.4, -0.2) is 31.0 Å². The van der Waals surface area contributed by atoms with E-state index in [1.54, 1.807) is 6.21 Å². The van der Waals surface area contributed by atoms with Gasteiger partial charge in [-0.25, -0.2) is 0 Å². The van der Waals surface area contributed by atoms with E-state index in [-0.39, 0.29) is 6.61 Å². The van der Waals surface area contributed by atoms with E-state index in [1.807, 2.05) is 6.08 Å². The van der Waals surface area contributed by atoms with Crippen molar-refractivity contribution in [2.45, 2.75) is 0 Å². The smallest absolute Gasteiger partial charge is 0.0786 e. The first-order chi connectivity index (χ1) is 4.43. The van der Waals surface area contributed by atoms with Crippen LogP contribution in [0.1, 0.15) is 0 Å². The minimum atomic E-state index is 0.178. The minimum Gasteiger partial charge on any atom is -0.395 e. The maximum absolute atomic E-state index is 8.40. The van der Waals surface area contributed by atoms with Crippen LogP contribution in [0.5, 0.6) is 0 Å². The molecule has 0 aromatic heterocycles. The second-order valence-corrected chi connectivity index (χ2v) is 1.83. The molecule has 0 aromatic rings. The second kappa shape index (κ2) is 3.25. The average Bonchev–Trinajstić information content (AvgIpc) is 2.34. The number of nitrogens with one attached hydrogen (secondary N) is 1. The lowest BCUT2D eigenvalue weighted by Gasteiger charge is -2.01. The first-order valence-electron chi connectivity index (χ1n) is 2.97. The number of aliphatic hydroxyl groups is 1. The first kappa shape index (κ1) is 6.29. The third-order valence-corrected chi connectivity index (χ3v) is 1.11. The zero-order valence-corrected chi connectivity index (χ0v) is 5.17. The highest BCUT2D eigenvalue weighted by Gasteiger charge is 1.95. The molecule has 0 saturated heterocycles. The summed E-state index contributed by atoms with van der Waals surface area (Å²) in [6.07, 6.45) is 3.68. The Labute approximate surface area is 54.1 Å². The Bertz CT molecular complexity index is 140. The van der Waals surface area contributed by atoms with Gasteiger partial charge >= 0.3 is 0 Å². The van der Waals surface area contributed by atoms with Crippen molar-refractivity contribution in [3.63, 3.8) is 0 Å². The van der Waals surface area contributed by atoms with Crippen LogP contribution < -0.4 is 5.32 Å². The second-order valence-electron chi connectivity index (χ2n) is 1.83. The number of hydrogen-bond acceptors (Lipinski definition) is 3. The third kappa shape index (κ3) is 1.85. The van der Waals surface area contributed by atoms with Gasteiger partial charge in [0.2, 0.25) is 0 Å². The van der Waals surface area contributed by atoms with E-state index in [4.69, 9.17) is 5.11 Å². The standard InChI is InChI=1S/C6H10N2O/c9-4-3-8-6-1-2-7-5-6/h1-2,8-9H,3-5H2. The molecule has 0 spiro atoms. The molecule has 0 bridgehead atoms. The topological polar surface area (TPSA) is 44.6 Å². The molecule has 0 aromatic carbocycles. The fourth-order valence-corrected chi connectivity index (χ4v) is 0.678. The van der Waals surface area contributed by atoms with E-state index in [0.717, 1.165) is 12.2 Å². The van der Waals surface area contributed by atoms with Crippen molar-refractivity contribution in [1.29, 1.82) is 0 Å². The Balaban J connectivity index is 2.14. The molecule has 0 fully saturated rings. The largest absolute Gasteiger partial charge is 0.395 e. The summed E-state index contributed by atoms with van der Waals surface area (Å²) in [5.41, 5.74) is 1.09. The van der Waals surface area contributed by atoms with E-state index >= 15 is 0 Å². The number of rotatable bonds is 3. The molecule has 0 unspecified atom stereocenters. The van der Waals surface area contributed by atoms with Gasteiger partial charge in [-0.2, -0.15) is 0 Å². The van der Waals surface area contributed by atoms with Crippen LogP contribution in [0.15, 0.2) is 16.8 Å². The van der Waals surface area contributed by atoms with Crippen molar-refractivity contribution in [3.8, 4) is 0 Å². The summed E-state index contributed by atoms with van der Waals surface area (Å²) in [5.74, 6) is 0. The third-order valence-electron chi connectivity index (χ3n) is 1.11. The maximum Gasteiger partial charge on any atom is 0.0786 e. The van der Waals surface area contributed by atoms with Gasteiger partial charge in [0.15, 0.2) is 0 Å². The van der Waals surface area contributed by atoms with E-state index < -0.39 is 0 Å². The SMILES string of the molecule is OCCNC1=CC=NC1. The Kier molecular flexibility index (Phi) is 2.27. The Morgan fingerprint density at radius 1 is 1.78 bits per heavy atom. The molecule has 3 nitrogen and oxygen atoms in total. The van der Waals surface area contributed by atoms with E-state index in [0.29, 0.717) is 6.54 Å². The number of hydrogen-bond donors (Lipinski definition) is 2. The van der Waals surface area contributed by atoms with Crippen LogP contribution in [-0.2, 0) is 0 Å². The maximum atomic E-state index is 8.40. The quantitative estimate of drug-likeness (QED) is 0.537. The molecular formula is C6H10N2O. The van der Waals surface area contributed by atoms with Crippen molar-refractivity contribution >= 4 is 6.21 Å². The van der Waals surface area contributed by atoms with Crippen LogP contribution in [0.25, 0.3) is 0 Å². The summed E-state index contributed by atoms with van der Waals surface area (Å²) in [6.45, 7) is 1.53. The van der Waals surface area contributed by atoms with Gasteiger partial charge in [0.1, 0.15) is 0 Å². The number of aliphatic hydroxyl groups excluding tert-OH is 1. The molecule has 0 aliphatic carbocycles. The Morgan fingerprint density at radius 2 is 2.67 bits per heavy atom. The predicted molar refractivity (Wildman–Crippen MR) is 36.5 cm³/mol. The lowest BCUT2D eigenvalue weighted by atomic mass is 10.4. The predicted octanol–water partition coefficient (Wildman–Crippen LogP) is -0.463. The van der Waals surface area contributed by atoms with Crippen molar-refractivity contribution < 1.29 is 5.11 Å². The zero-order chi connectivity index (χ0) is 6.53. The highest BCUT2D eigenvalue weighted by molar-refractivity contribution is 5.74. The molecular weight excluding hydrogens is 116 g/mol. The van der Waals surface area contributed by atoms with Gasteiger partial charge in [-0.3, -0.25) is 4.99 Å². The minimum absolute atomic E-state index is 0.178. The van der Waals surface area contributed by atoms with Crippen molar-refractivity contribution in [2.24, 2.45) is 4.99 Å². The lowest BCUT2D eigenvalue weighted by molar-refractivity contribution is 0.297. The van der Waals surface area contributed by atoms with Crippen LogP contribution in [0.2, 0.25) is 0 Å². The Hall–Kier alpha value is -0.830. The van der Waals surface area contributed by atoms with Crippen molar-refractivity contribution in [1.82, 2.24) is 5.32 Å². The molecule has 9 heavy (non-hydrogen) atoms. The molecule has 3 heteroatoms. The molecule has 1 aliphatic rings. The molecule has 50 valence electrons. The fourth-order valence-electron chi connectivity index (χ4n) is 0.678. The molecule has 0 atom stereocenters.